The number of carbonyl (C=O) groups excluding carboxylic acids is 1. The Hall–Kier alpha value is -0.870. The topological polar surface area (TPSA) is 49.3 Å². The number of hydrogen-bond acceptors (Lipinski definition) is 3. The lowest BCUT2D eigenvalue weighted by atomic mass is 10.3. The quantitative estimate of drug-likeness (QED) is 0.361. The van der Waals surface area contributed by atoms with Gasteiger partial charge in [-0.15, -0.1) is 0 Å². The van der Waals surface area contributed by atoms with Crippen LogP contribution in [0.3, 0.4) is 0 Å². The Balaban J connectivity index is 4.23. The zero-order chi connectivity index (χ0) is 9.78. The fourth-order valence-electron chi connectivity index (χ4n) is 0.633. The number of hydrogen-bond donors (Lipinski definition) is 2. The number of Topliss-reactive ketones (excluding diaryl/α,β-unsaturated/α-hetero) is 1. The van der Waals surface area contributed by atoms with E-state index in [-0.39, 0.29) is 11.5 Å². The van der Waals surface area contributed by atoms with E-state index in [1.807, 2.05) is 26.6 Å². The van der Waals surface area contributed by atoms with Gasteiger partial charge in [0, 0.05) is 6.92 Å². The van der Waals surface area contributed by atoms with Gasteiger partial charge in [-0.3, -0.25) is 15.5 Å². The van der Waals surface area contributed by atoms with Gasteiger partial charge in [0.2, 0.25) is 0 Å². The van der Waals surface area contributed by atoms with Gasteiger partial charge in [0.15, 0.2) is 5.78 Å². The van der Waals surface area contributed by atoms with Crippen LogP contribution in [0.25, 0.3) is 0 Å². The zero-order valence-corrected chi connectivity index (χ0v) is 8.09. The molecule has 0 radical (unpaired) electrons. The SMILES string of the molecule is CC(=O)C(=CC[N+](C)(C)C)NO. The maximum absolute atomic E-state index is 10.8. The second-order valence-corrected chi connectivity index (χ2v) is 3.76. The number of ketones is 1. The van der Waals surface area contributed by atoms with Crippen molar-refractivity contribution in [2.45, 2.75) is 6.92 Å². The minimum atomic E-state index is -0.161. The highest BCUT2D eigenvalue weighted by Gasteiger charge is 2.07. The molecule has 0 bridgehead atoms. The summed E-state index contributed by atoms with van der Waals surface area (Å²) in [4.78, 5) is 10.8. The van der Waals surface area contributed by atoms with Gasteiger partial charge in [-0.1, -0.05) is 0 Å². The molecule has 0 aliphatic heterocycles. The Bertz CT molecular complexity index is 192. The van der Waals surface area contributed by atoms with Crippen LogP contribution in [-0.2, 0) is 4.79 Å². The molecule has 0 amide bonds. The van der Waals surface area contributed by atoms with Crippen LogP contribution in [0.15, 0.2) is 11.8 Å². The molecule has 0 rings (SSSR count). The molecular formula is C8H17N2O2+. The summed E-state index contributed by atoms with van der Waals surface area (Å²) in [6.45, 7) is 2.10. The van der Waals surface area contributed by atoms with Crippen LogP contribution >= 0.6 is 0 Å². The molecule has 0 heterocycles. The van der Waals surface area contributed by atoms with E-state index in [2.05, 4.69) is 0 Å². The van der Waals surface area contributed by atoms with E-state index in [9.17, 15) is 4.79 Å². The number of likely N-dealkylation sites (N-methyl/N-ethyl adjacent to an activating group) is 1. The van der Waals surface area contributed by atoms with Gasteiger partial charge < -0.3 is 4.48 Å². The van der Waals surface area contributed by atoms with Gasteiger partial charge in [-0.25, -0.2) is 0 Å². The maximum Gasteiger partial charge on any atom is 0.177 e. The first kappa shape index (κ1) is 11.1. The predicted octanol–water partition coefficient (Wildman–Crippen LogP) is 0.144. The van der Waals surface area contributed by atoms with E-state index < -0.39 is 0 Å². The number of rotatable bonds is 4. The normalized spacial score (nSPS) is 12.9. The molecule has 0 saturated heterocycles. The van der Waals surface area contributed by atoms with Crippen molar-refractivity contribution in [3.8, 4) is 0 Å². The van der Waals surface area contributed by atoms with Gasteiger partial charge in [0.05, 0.1) is 27.7 Å². The van der Waals surface area contributed by atoms with E-state index in [4.69, 9.17) is 5.21 Å². The highest BCUT2D eigenvalue weighted by Crippen LogP contribution is 1.95. The molecule has 4 nitrogen and oxygen atoms in total. The first-order chi connectivity index (χ1) is 5.37. The van der Waals surface area contributed by atoms with E-state index >= 15 is 0 Å². The van der Waals surface area contributed by atoms with Crippen LogP contribution < -0.4 is 5.48 Å². The minimum Gasteiger partial charge on any atom is -0.328 e. The summed E-state index contributed by atoms with van der Waals surface area (Å²) in [6, 6.07) is 0. The van der Waals surface area contributed by atoms with Crippen molar-refractivity contribution in [1.82, 2.24) is 5.48 Å². The lowest BCUT2D eigenvalue weighted by molar-refractivity contribution is -0.864. The third-order valence-corrected chi connectivity index (χ3v) is 1.34. The first-order valence-corrected chi connectivity index (χ1v) is 3.78. The minimum absolute atomic E-state index is 0.161. The number of quaternary nitrogens is 1. The highest BCUT2D eigenvalue weighted by atomic mass is 16.5. The van der Waals surface area contributed by atoms with Crippen molar-refractivity contribution in [1.29, 1.82) is 0 Å². The molecule has 0 unspecified atom stereocenters. The second-order valence-electron chi connectivity index (χ2n) is 3.76. The summed E-state index contributed by atoms with van der Waals surface area (Å²) < 4.78 is 0.721. The summed E-state index contributed by atoms with van der Waals surface area (Å²) in [7, 11) is 6.02. The first-order valence-electron chi connectivity index (χ1n) is 3.78. The average molecular weight is 173 g/mol. The number of hydroxylamine groups is 1. The van der Waals surface area contributed by atoms with Crippen molar-refractivity contribution in [3.05, 3.63) is 11.8 Å². The van der Waals surface area contributed by atoms with Crippen LogP contribution in [-0.4, -0.2) is 43.2 Å². The Labute approximate surface area is 73.0 Å². The Morgan fingerprint density at radius 2 is 2.00 bits per heavy atom. The standard InChI is InChI=1S/C8H17N2O2/c1-7(11)8(9-12)5-6-10(2,3)4/h5,9,12H,6H2,1-4H3/q+1. The predicted molar refractivity (Wildman–Crippen MR) is 46.6 cm³/mol. The van der Waals surface area contributed by atoms with Crippen molar-refractivity contribution < 1.29 is 14.5 Å². The van der Waals surface area contributed by atoms with Gasteiger partial charge in [0.1, 0.15) is 5.70 Å². The summed E-state index contributed by atoms with van der Waals surface area (Å²) in [5.74, 6) is -0.161. The lowest BCUT2D eigenvalue weighted by Crippen LogP contribution is -2.35. The fourth-order valence-corrected chi connectivity index (χ4v) is 0.633. The summed E-state index contributed by atoms with van der Waals surface area (Å²) >= 11 is 0. The van der Waals surface area contributed by atoms with Gasteiger partial charge in [-0.2, -0.15) is 0 Å². The maximum atomic E-state index is 10.8. The molecule has 0 aromatic rings. The van der Waals surface area contributed by atoms with Gasteiger partial charge in [0.25, 0.3) is 0 Å². The molecule has 0 aliphatic rings. The molecule has 0 atom stereocenters. The van der Waals surface area contributed by atoms with Crippen molar-refractivity contribution in [2.24, 2.45) is 0 Å². The average Bonchev–Trinajstić information content (AvgIpc) is 1.85. The zero-order valence-electron chi connectivity index (χ0n) is 8.09. The molecule has 0 saturated carbocycles. The molecule has 0 aromatic heterocycles. The molecule has 70 valence electrons. The van der Waals surface area contributed by atoms with E-state index in [1.54, 1.807) is 6.08 Å². The Kier molecular flexibility index (Phi) is 3.92. The molecule has 0 aromatic carbocycles. The summed E-state index contributed by atoms with van der Waals surface area (Å²) in [5, 5.41) is 8.55. The second kappa shape index (κ2) is 4.23. The fraction of sp³-hybridized carbons (Fsp3) is 0.625. The molecule has 4 heteroatoms. The molecule has 0 fully saturated rings. The molecular weight excluding hydrogens is 156 g/mol. The Morgan fingerprint density at radius 3 is 2.25 bits per heavy atom. The van der Waals surface area contributed by atoms with Crippen LogP contribution in [0, 0.1) is 0 Å². The number of carbonyl (C=O) groups is 1. The molecule has 0 spiro atoms. The van der Waals surface area contributed by atoms with Crippen molar-refractivity contribution in [2.75, 3.05) is 27.7 Å². The van der Waals surface area contributed by atoms with Crippen LogP contribution in [0.5, 0.6) is 0 Å². The summed E-state index contributed by atoms with van der Waals surface area (Å²) in [5.41, 5.74) is 2.13. The lowest BCUT2D eigenvalue weighted by Gasteiger charge is -2.22. The largest absolute Gasteiger partial charge is 0.328 e. The van der Waals surface area contributed by atoms with Crippen molar-refractivity contribution in [3.63, 3.8) is 0 Å². The summed E-state index contributed by atoms with van der Waals surface area (Å²) in [6.07, 6.45) is 1.68. The highest BCUT2D eigenvalue weighted by molar-refractivity contribution is 5.92. The van der Waals surface area contributed by atoms with Gasteiger partial charge in [-0.05, 0) is 6.08 Å². The van der Waals surface area contributed by atoms with Crippen LogP contribution in [0.4, 0.5) is 0 Å². The van der Waals surface area contributed by atoms with E-state index in [0.717, 1.165) is 4.48 Å². The third kappa shape index (κ3) is 4.87. The van der Waals surface area contributed by atoms with Crippen LogP contribution in [0.1, 0.15) is 6.92 Å². The number of nitrogens with zero attached hydrogens (tertiary/aromatic N) is 1. The Morgan fingerprint density at radius 1 is 1.50 bits per heavy atom. The third-order valence-electron chi connectivity index (χ3n) is 1.34. The molecule has 12 heavy (non-hydrogen) atoms. The smallest absolute Gasteiger partial charge is 0.177 e. The molecule has 0 aliphatic carbocycles. The number of nitrogens with one attached hydrogen (secondary N) is 1. The van der Waals surface area contributed by atoms with E-state index in [1.165, 1.54) is 6.92 Å². The monoisotopic (exact) mass is 173 g/mol. The molecule has 2 N–H and O–H groups in total. The van der Waals surface area contributed by atoms with E-state index in [0.29, 0.717) is 6.54 Å². The van der Waals surface area contributed by atoms with Gasteiger partial charge >= 0.3 is 0 Å². The number of allylic oxidation sites excluding steroid dienone is 1. The van der Waals surface area contributed by atoms with Crippen molar-refractivity contribution >= 4 is 5.78 Å². The van der Waals surface area contributed by atoms with Crippen LogP contribution in [0.2, 0.25) is 0 Å².